The summed E-state index contributed by atoms with van der Waals surface area (Å²) >= 11 is 0. The van der Waals surface area contributed by atoms with Gasteiger partial charge in [-0.2, -0.15) is 4.98 Å². The molecule has 0 bridgehead atoms. The summed E-state index contributed by atoms with van der Waals surface area (Å²) in [5.41, 5.74) is 4.44. The molecule has 0 atom stereocenters. The maximum absolute atomic E-state index is 6.02. The van der Waals surface area contributed by atoms with Gasteiger partial charge in [0.1, 0.15) is 22.7 Å². The normalized spacial score (nSPS) is 11.3. The summed E-state index contributed by atoms with van der Waals surface area (Å²) < 4.78 is 11.9. The Hall–Kier alpha value is -2.88. The SMILES string of the molecule is Cc1cc(C)cc(Oc2nc(C)nc3c2oc2ccccc23)c1. The molecule has 4 heteroatoms. The molecule has 23 heavy (non-hydrogen) atoms. The molecule has 0 aliphatic carbocycles. The molecule has 4 rings (SSSR count). The van der Waals surface area contributed by atoms with Crippen molar-refractivity contribution < 1.29 is 9.15 Å². The van der Waals surface area contributed by atoms with Crippen LogP contribution in [-0.4, -0.2) is 9.97 Å². The van der Waals surface area contributed by atoms with Gasteiger partial charge in [-0.25, -0.2) is 4.98 Å². The van der Waals surface area contributed by atoms with Gasteiger partial charge < -0.3 is 9.15 Å². The molecule has 0 amide bonds. The molecular weight excluding hydrogens is 288 g/mol. The van der Waals surface area contributed by atoms with Gasteiger partial charge in [-0.1, -0.05) is 18.2 Å². The van der Waals surface area contributed by atoms with E-state index in [0.29, 0.717) is 17.3 Å². The minimum Gasteiger partial charge on any atom is -0.449 e. The monoisotopic (exact) mass is 304 g/mol. The molecule has 0 saturated carbocycles. The summed E-state index contributed by atoms with van der Waals surface area (Å²) in [4.78, 5) is 8.94. The first-order chi connectivity index (χ1) is 11.1. The number of benzene rings is 2. The number of ether oxygens (including phenoxy) is 1. The van der Waals surface area contributed by atoms with E-state index >= 15 is 0 Å². The van der Waals surface area contributed by atoms with Crippen LogP contribution in [0.25, 0.3) is 22.1 Å². The predicted molar refractivity (Wildman–Crippen MR) is 90.0 cm³/mol. The van der Waals surface area contributed by atoms with Crippen molar-refractivity contribution in [2.45, 2.75) is 20.8 Å². The second-order valence-electron chi connectivity index (χ2n) is 5.78. The largest absolute Gasteiger partial charge is 0.449 e. The summed E-state index contributed by atoms with van der Waals surface area (Å²) in [7, 11) is 0. The van der Waals surface area contributed by atoms with E-state index in [-0.39, 0.29) is 0 Å². The molecule has 0 N–H and O–H groups in total. The molecule has 0 saturated heterocycles. The second-order valence-corrected chi connectivity index (χ2v) is 5.78. The average molecular weight is 304 g/mol. The van der Waals surface area contributed by atoms with Crippen LogP contribution in [0.3, 0.4) is 0 Å². The third-order valence-corrected chi connectivity index (χ3v) is 3.71. The van der Waals surface area contributed by atoms with E-state index in [1.165, 1.54) is 0 Å². The minimum atomic E-state index is 0.452. The van der Waals surface area contributed by atoms with Crippen molar-refractivity contribution in [1.29, 1.82) is 0 Å². The lowest BCUT2D eigenvalue weighted by atomic mass is 10.1. The van der Waals surface area contributed by atoms with E-state index in [9.17, 15) is 0 Å². The molecule has 0 aliphatic heterocycles. The van der Waals surface area contributed by atoms with Gasteiger partial charge in [0.25, 0.3) is 5.88 Å². The molecule has 0 spiro atoms. The number of para-hydroxylation sites is 1. The zero-order valence-electron chi connectivity index (χ0n) is 13.3. The quantitative estimate of drug-likeness (QED) is 0.517. The van der Waals surface area contributed by atoms with Crippen LogP contribution in [0.1, 0.15) is 17.0 Å². The highest BCUT2D eigenvalue weighted by Crippen LogP contribution is 2.34. The Morgan fingerprint density at radius 1 is 0.913 bits per heavy atom. The van der Waals surface area contributed by atoms with Crippen molar-refractivity contribution in [3.05, 3.63) is 59.4 Å². The van der Waals surface area contributed by atoms with Gasteiger partial charge in [-0.15, -0.1) is 0 Å². The first-order valence-electron chi connectivity index (χ1n) is 7.52. The van der Waals surface area contributed by atoms with Crippen molar-refractivity contribution in [3.63, 3.8) is 0 Å². The number of hydrogen-bond donors (Lipinski definition) is 0. The first kappa shape index (κ1) is 13.8. The van der Waals surface area contributed by atoms with Crippen molar-refractivity contribution in [3.8, 4) is 11.6 Å². The lowest BCUT2D eigenvalue weighted by Gasteiger charge is -2.07. The molecule has 4 aromatic rings. The summed E-state index contributed by atoms with van der Waals surface area (Å²) in [6.45, 7) is 5.94. The predicted octanol–water partition coefficient (Wildman–Crippen LogP) is 5.09. The Kier molecular flexibility index (Phi) is 3.05. The number of furan rings is 1. The van der Waals surface area contributed by atoms with E-state index in [1.54, 1.807) is 0 Å². The zero-order valence-corrected chi connectivity index (χ0v) is 13.3. The number of nitrogens with zero attached hydrogens (tertiary/aromatic N) is 2. The van der Waals surface area contributed by atoms with Crippen LogP contribution >= 0.6 is 0 Å². The van der Waals surface area contributed by atoms with Crippen LogP contribution in [-0.2, 0) is 0 Å². The smallest absolute Gasteiger partial charge is 0.267 e. The highest BCUT2D eigenvalue weighted by molar-refractivity contribution is 6.03. The van der Waals surface area contributed by atoms with Gasteiger partial charge >= 0.3 is 0 Å². The maximum atomic E-state index is 6.02. The van der Waals surface area contributed by atoms with E-state index in [2.05, 4.69) is 16.0 Å². The maximum Gasteiger partial charge on any atom is 0.267 e. The first-order valence-corrected chi connectivity index (χ1v) is 7.52. The summed E-state index contributed by atoms with van der Waals surface area (Å²) in [6.07, 6.45) is 0. The molecule has 0 aliphatic rings. The summed E-state index contributed by atoms with van der Waals surface area (Å²) in [5, 5.41) is 0.971. The molecule has 4 nitrogen and oxygen atoms in total. The molecule has 2 heterocycles. The third-order valence-electron chi connectivity index (χ3n) is 3.71. The minimum absolute atomic E-state index is 0.452. The van der Waals surface area contributed by atoms with Gasteiger partial charge in [-0.3, -0.25) is 0 Å². The fourth-order valence-electron chi connectivity index (χ4n) is 2.84. The van der Waals surface area contributed by atoms with Crippen LogP contribution in [0.15, 0.2) is 46.9 Å². The standard InChI is InChI=1S/C19H16N2O2/c1-11-8-12(2)10-14(9-11)22-19-18-17(20-13(3)21-19)15-6-4-5-7-16(15)23-18/h4-10H,1-3H3. The van der Waals surface area contributed by atoms with Crippen molar-refractivity contribution in [2.75, 3.05) is 0 Å². The van der Waals surface area contributed by atoms with Gasteiger partial charge in [-0.05, 0) is 56.2 Å². The molecule has 0 unspecified atom stereocenters. The van der Waals surface area contributed by atoms with Crippen LogP contribution in [0.5, 0.6) is 11.6 Å². The number of aryl methyl sites for hydroxylation is 3. The Morgan fingerprint density at radius 3 is 2.43 bits per heavy atom. The van der Waals surface area contributed by atoms with E-state index in [0.717, 1.165) is 33.4 Å². The average Bonchev–Trinajstić information content (AvgIpc) is 2.85. The van der Waals surface area contributed by atoms with Crippen LogP contribution < -0.4 is 4.74 Å². The number of fused-ring (bicyclic) bond motifs is 3. The van der Waals surface area contributed by atoms with Crippen LogP contribution in [0, 0.1) is 20.8 Å². The molecule has 114 valence electrons. The van der Waals surface area contributed by atoms with Gasteiger partial charge in [0.15, 0.2) is 0 Å². The molecule has 2 aromatic carbocycles. The van der Waals surface area contributed by atoms with Crippen molar-refractivity contribution >= 4 is 22.1 Å². The lowest BCUT2D eigenvalue weighted by Crippen LogP contribution is -1.94. The van der Waals surface area contributed by atoms with Crippen molar-refractivity contribution in [2.24, 2.45) is 0 Å². The van der Waals surface area contributed by atoms with Crippen molar-refractivity contribution in [1.82, 2.24) is 9.97 Å². The fourth-order valence-corrected chi connectivity index (χ4v) is 2.84. The molecule has 0 fully saturated rings. The number of hydrogen-bond acceptors (Lipinski definition) is 4. The van der Waals surface area contributed by atoms with Gasteiger partial charge in [0.2, 0.25) is 5.58 Å². The third kappa shape index (κ3) is 2.42. The summed E-state index contributed by atoms with van der Waals surface area (Å²) in [6, 6.07) is 13.9. The molecular formula is C19H16N2O2. The Morgan fingerprint density at radius 2 is 1.65 bits per heavy atom. The second kappa shape index (κ2) is 5.09. The van der Waals surface area contributed by atoms with E-state index in [1.807, 2.05) is 57.2 Å². The number of aromatic nitrogens is 2. The Balaban J connectivity index is 1.92. The topological polar surface area (TPSA) is 48.2 Å². The van der Waals surface area contributed by atoms with Crippen LogP contribution in [0.4, 0.5) is 0 Å². The highest BCUT2D eigenvalue weighted by atomic mass is 16.5. The fraction of sp³-hybridized carbons (Fsp3) is 0.158. The number of rotatable bonds is 2. The zero-order chi connectivity index (χ0) is 16.0. The molecule has 2 aromatic heterocycles. The van der Waals surface area contributed by atoms with E-state index < -0.39 is 0 Å². The highest BCUT2D eigenvalue weighted by Gasteiger charge is 2.16. The van der Waals surface area contributed by atoms with E-state index in [4.69, 9.17) is 9.15 Å². The summed E-state index contributed by atoms with van der Waals surface area (Å²) in [5.74, 6) is 1.86. The lowest BCUT2D eigenvalue weighted by molar-refractivity contribution is 0.454. The molecule has 0 radical (unpaired) electrons. The Labute approximate surface area is 133 Å². The van der Waals surface area contributed by atoms with Gasteiger partial charge in [0, 0.05) is 5.39 Å². The van der Waals surface area contributed by atoms with Gasteiger partial charge in [0.05, 0.1) is 0 Å². The Bertz CT molecular complexity index is 1010. The van der Waals surface area contributed by atoms with Crippen LogP contribution in [0.2, 0.25) is 0 Å².